The van der Waals surface area contributed by atoms with Gasteiger partial charge in [-0.25, -0.2) is 0 Å². The molecule has 7 nitrogen and oxygen atoms in total. The Kier molecular flexibility index (Phi) is 5.20. The lowest BCUT2D eigenvalue weighted by Crippen LogP contribution is -2.57. The van der Waals surface area contributed by atoms with Gasteiger partial charge in [0.1, 0.15) is 12.3 Å². The average Bonchev–Trinajstić information content (AvgIpc) is 3.03. The summed E-state index contributed by atoms with van der Waals surface area (Å²) in [5.74, 6) is -0.420. The first-order valence-corrected chi connectivity index (χ1v) is 10.0. The molecule has 2 aliphatic rings. The Hall–Kier alpha value is -3.35. The molecule has 0 aliphatic carbocycles. The minimum atomic E-state index is -0.557. The second-order valence-corrected chi connectivity index (χ2v) is 7.87. The SMILES string of the molecule is COc1ccc2c(c1)NC(=O)[C@@H]2CC(=O)N1CC(=O)N(c2ccccc2C)[C@H](C)C1. The number of hydrogen-bond donors (Lipinski definition) is 1. The largest absolute Gasteiger partial charge is 0.497 e. The zero-order chi connectivity index (χ0) is 21.4. The summed E-state index contributed by atoms with van der Waals surface area (Å²) in [5, 5.41) is 2.82. The number of fused-ring (bicyclic) bond motifs is 1. The van der Waals surface area contributed by atoms with Crippen LogP contribution in [0, 0.1) is 6.92 Å². The number of amides is 3. The van der Waals surface area contributed by atoms with Gasteiger partial charge >= 0.3 is 0 Å². The van der Waals surface area contributed by atoms with Crippen LogP contribution in [-0.4, -0.2) is 48.9 Å². The van der Waals surface area contributed by atoms with Gasteiger partial charge in [-0.1, -0.05) is 24.3 Å². The van der Waals surface area contributed by atoms with Crippen LogP contribution in [-0.2, 0) is 14.4 Å². The van der Waals surface area contributed by atoms with Crippen molar-refractivity contribution in [2.24, 2.45) is 0 Å². The van der Waals surface area contributed by atoms with Gasteiger partial charge in [-0.2, -0.15) is 0 Å². The van der Waals surface area contributed by atoms with E-state index >= 15 is 0 Å². The number of nitrogens with one attached hydrogen (secondary N) is 1. The van der Waals surface area contributed by atoms with E-state index in [1.54, 1.807) is 29.0 Å². The molecule has 2 atom stereocenters. The number of benzene rings is 2. The van der Waals surface area contributed by atoms with Gasteiger partial charge in [0.25, 0.3) is 0 Å². The number of aryl methyl sites for hydroxylation is 1. The molecule has 30 heavy (non-hydrogen) atoms. The van der Waals surface area contributed by atoms with Crippen molar-refractivity contribution in [3.05, 3.63) is 53.6 Å². The summed E-state index contributed by atoms with van der Waals surface area (Å²) in [5.41, 5.74) is 3.35. The Labute approximate surface area is 175 Å². The van der Waals surface area contributed by atoms with Crippen LogP contribution in [0.1, 0.15) is 30.4 Å². The van der Waals surface area contributed by atoms with E-state index in [0.29, 0.717) is 18.0 Å². The van der Waals surface area contributed by atoms with E-state index in [4.69, 9.17) is 4.74 Å². The molecule has 1 fully saturated rings. The van der Waals surface area contributed by atoms with E-state index in [-0.39, 0.29) is 36.7 Å². The van der Waals surface area contributed by atoms with Crippen LogP contribution in [0.4, 0.5) is 11.4 Å². The molecule has 7 heteroatoms. The normalized spacial score (nSPS) is 20.8. The number of piperazine rings is 1. The van der Waals surface area contributed by atoms with Gasteiger partial charge in [0.05, 0.1) is 19.1 Å². The van der Waals surface area contributed by atoms with Crippen LogP contribution < -0.4 is 15.0 Å². The highest BCUT2D eigenvalue weighted by molar-refractivity contribution is 6.06. The first-order chi connectivity index (χ1) is 14.4. The number of methoxy groups -OCH3 is 1. The van der Waals surface area contributed by atoms with Gasteiger partial charge in [0.2, 0.25) is 17.7 Å². The Bertz CT molecular complexity index is 1020. The summed E-state index contributed by atoms with van der Waals surface area (Å²) in [4.78, 5) is 41.7. The van der Waals surface area contributed by atoms with E-state index in [1.807, 2.05) is 44.2 Å². The molecule has 0 radical (unpaired) electrons. The van der Waals surface area contributed by atoms with Crippen LogP contribution in [0.5, 0.6) is 5.75 Å². The highest BCUT2D eigenvalue weighted by atomic mass is 16.5. The highest BCUT2D eigenvalue weighted by Gasteiger charge is 2.37. The van der Waals surface area contributed by atoms with Gasteiger partial charge in [-0.15, -0.1) is 0 Å². The lowest BCUT2D eigenvalue weighted by atomic mass is 9.96. The monoisotopic (exact) mass is 407 g/mol. The molecule has 2 aliphatic heterocycles. The standard InChI is InChI=1S/C23H25N3O4/c1-14-6-4-5-7-20(14)26-15(2)12-25(13-22(26)28)21(27)11-18-17-9-8-16(30-3)10-19(17)24-23(18)29/h4-10,15,18H,11-13H2,1-3H3,(H,24,29)/t15-,18-/m1/s1. The maximum Gasteiger partial charge on any atom is 0.246 e. The number of rotatable bonds is 4. The van der Waals surface area contributed by atoms with E-state index in [2.05, 4.69) is 5.32 Å². The highest BCUT2D eigenvalue weighted by Crippen LogP contribution is 2.37. The van der Waals surface area contributed by atoms with Crippen molar-refractivity contribution in [1.29, 1.82) is 0 Å². The minimum Gasteiger partial charge on any atom is -0.497 e. The van der Waals surface area contributed by atoms with Gasteiger partial charge in [-0.05, 0) is 37.1 Å². The predicted molar refractivity (Wildman–Crippen MR) is 114 cm³/mol. The number of para-hydroxylation sites is 1. The lowest BCUT2D eigenvalue weighted by molar-refractivity contribution is -0.138. The van der Waals surface area contributed by atoms with Crippen LogP contribution in [0.3, 0.4) is 0 Å². The van der Waals surface area contributed by atoms with E-state index < -0.39 is 5.92 Å². The molecule has 156 valence electrons. The Balaban J connectivity index is 1.48. The molecule has 0 spiro atoms. The average molecular weight is 407 g/mol. The maximum absolute atomic E-state index is 13.0. The van der Waals surface area contributed by atoms with Crippen LogP contribution in [0.25, 0.3) is 0 Å². The summed E-state index contributed by atoms with van der Waals surface area (Å²) in [6.07, 6.45) is 0.0372. The summed E-state index contributed by atoms with van der Waals surface area (Å²) < 4.78 is 5.20. The quantitative estimate of drug-likeness (QED) is 0.845. The summed E-state index contributed by atoms with van der Waals surface area (Å²) in [6.45, 7) is 4.36. The van der Waals surface area contributed by atoms with Crippen molar-refractivity contribution < 1.29 is 19.1 Å². The Morgan fingerprint density at radius 3 is 2.67 bits per heavy atom. The van der Waals surface area contributed by atoms with Gasteiger partial charge < -0.3 is 19.9 Å². The van der Waals surface area contributed by atoms with Crippen LogP contribution in [0.15, 0.2) is 42.5 Å². The van der Waals surface area contributed by atoms with Crippen molar-refractivity contribution in [2.75, 3.05) is 30.4 Å². The van der Waals surface area contributed by atoms with Crippen LogP contribution >= 0.6 is 0 Å². The lowest BCUT2D eigenvalue weighted by Gasteiger charge is -2.40. The second kappa shape index (κ2) is 7.82. The maximum atomic E-state index is 13.0. The summed E-state index contributed by atoms with van der Waals surface area (Å²) >= 11 is 0. The number of carbonyl (C=O) groups is 3. The molecule has 2 heterocycles. The fourth-order valence-corrected chi connectivity index (χ4v) is 4.29. The molecule has 0 saturated carbocycles. The topological polar surface area (TPSA) is 79.0 Å². The van der Waals surface area contributed by atoms with E-state index in [9.17, 15) is 14.4 Å². The first-order valence-electron chi connectivity index (χ1n) is 10.0. The van der Waals surface area contributed by atoms with E-state index in [0.717, 1.165) is 16.8 Å². The fourth-order valence-electron chi connectivity index (χ4n) is 4.29. The van der Waals surface area contributed by atoms with Crippen molar-refractivity contribution >= 4 is 29.1 Å². The smallest absolute Gasteiger partial charge is 0.246 e. The molecule has 3 amide bonds. The fraction of sp³-hybridized carbons (Fsp3) is 0.348. The molecular formula is C23H25N3O4. The number of anilines is 2. The summed E-state index contributed by atoms with van der Waals surface area (Å²) in [7, 11) is 1.56. The van der Waals surface area contributed by atoms with Crippen molar-refractivity contribution in [1.82, 2.24) is 4.90 Å². The van der Waals surface area contributed by atoms with Gasteiger partial charge in [0.15, 0.2) is 0 Å². The third kappa shape index (κ3) is 3.51. The number of hydrogen-bond acceptors (Lipinski definition) is 4. The molecular weight excluding hydrogens is 382 g/mol. The third-order valence-corrected chi connectivity index (χ3v) is 5.84. The Morgan fingerprint density at radius 1 is 1.20 bits per heavy atom. The molecule has 2 aromatic carbocycles. The zero-order valence-corrected chi connectivity index (χ0v) is 17.3. The minimum absolute atomic E-state index is 0.0152. The Morgan fingerprint density at radius 2 is 1.97 bits per heavy atom. The first kappa shape index (κ1) is 19.9. The molecule has 1 N–H and O–H groups in total. The molecule has 0 bridgehead atoms. The van der Waals surface area contributed by atoms with Crippen LogP contribution in [0.2, 0.25) is 0 Å². The number of nitrogens with zero attached hydrogens (tertiary/aromatic N) is 2. The van der Waals surface area contributed by atoms with Crippen molar-refractivity contribution in [3.63, 3.8) is 0 Å². The summed E-state index contributed by atoms with van der Waals surface area (Å²) in [6, 6.07) is 12.9. The number of carbonyl (C=O) groups excluding carboxylic acids is 3. The molecule has 1 saturated heterocycles. The molecule has 4 rings (SSSR count). The predicted octanol–water partition coefficient (Wildman–Crippen LogP) is 2.69. The van der Waals surface area contributed by atoms with Gasteiger partial charge in [0, 0.05) is 30.4 Å². The third-order valence-electron chi connectivity index (χ3n) is 5.84. The van der Waals surface area contributed by atoms with Crippen molar-refractivity contribution in [2.45, 2.75) is 32.2 Å². The second-order valence-electron chi connectivity index (χ2n) is 7.87. The number of ether oxygens (including phenoxy) is 1. The zero-order valence-electron chi connectivity index (χ0n) is 17.3. The molecule has 2 aromatic rings. The van der Waals surface area contributed by atoms with Gasteiger partial charge in [-0.3, -0.25) is 14.4 Å². The molecule has 0 aromatic heterocycles. The van der Waals surface area contributed by atoms with Crippen molar-refractivity contribution in [3.8, 4) is 5.75 Å². The van der Waals surface area contributed by atoms with E-state index in [1.165, 1.54) is 0 Å². The molecule has 0 unspecified atom stereocenters.